The third-order valence-electron chi connectivity index (χ3n) is 10.7. The summed E-state index contributed by atoms with van der Waals surface area (Å²) in [5, 5.41) is 16.4. The highest BCUT2D eigenvalue weighted by Gasteiger charge is 2.44. The number of allylic oxidation sites excluding steroid dienone is 1. The van der Waals surface area contributed by atoms with Gasteiger partial charge in [0.25, 0.3) is 17.4 Å². The summed E-state index contributed by atoms with van der Waals surface area (Å²) in [6.45, 7) is 12.0. The van der Waals surface area contributed by atoms with Crippen LogP contribution in [0.3, 0.4) is 0 Å². The maximum atomic E-state index is 13.4. The lowest BCUT2D eigenvalue weighted by Crippen LogP contribution is -2.54. The van der Waals surface area contributed by atoms with E-state index in [1.165, 1.54) is 10.9 Å². The van der Waals surface area contributed by atoms with Crippen molar-refractivity contribution in [3.8, 4) is 11.6 Å². The Kier molecular flexibility index (Phi) is 10.5. The van der Waals surface area contributed by atoms with Gasteiger partial charge in [-0.3, -0.25) is 39.1 Å². The second kappa shape index (κ2) is 15.9. The smallest absolute Gasteiger partial charge is 0.278 e. The number of hydrogen-bond donors (Lipinski definition) is 3. The number of benzene rings is 2. The maximum absolute atomic E-state index is 13.4. The Bertz CT molecular complexity index is 2530. The molecule has 0 aliphatic carbocycles. The standard InChI is InChI=1S/C42H44N10O7/c1-4-17-50-38(55)31-25-43-41(47-36(31)52(50)34-8-5-7-33(45-34)42(2,3)58)44-26-9-11-27(12-10-26)49-21-19-48(20-22-49)18-6-23-59-28-13-14-29-30(24-28)40(57)51(39(29)56)32-15-16-35(53)46-37(32)54/h4-5,7-14,24-25,32,58H,1,6,15-23H2,2-3H3,(H,43,44,47)(H,46,53,54). The molecule has 1 unspecified atom stereocenters. The molecule has 0 saturated carbocycles. The predicted molar refractivity (Wildman–Crippen MR) is 218 cm³/mol. The van der Waals surface area contributed by atoms with Crippen LogP contribution in [0.25, 0.3) is 16.9 Å². The van der Waals surface area contributed by atoms with Crippen LogP contribution in [0.15, 0.2) is 84.3 Å². The lowest BCUT2D eigenvalue weighted by Gasteiger charge is -2.36. The van der Waals surface area contributed by atoms with Gasteiger partial charge in [0.2, 0.25) is 17.8 Å². The molecule has 0 spiro atoms. The molecule has 4 amide bonds. The minimum absolute atomic E-state index is 0.0658. The Hall–Kier alpha value is -6.72. The molecule has 3 aliphatic heterocycles. The number of ether oxygens (including phenoxy) is 1. The quantitative estimate of drug-likeness (QED) is 0.0894. The van der Waals surface area contributed by atoms with Crippen LogP contribution < -0.4 is 25.8 Å². The lowest BCUT2D eigenvalue weighted by molar-refractivity contribution is -0.136. The molecule has 304 valence electrons. The monoisotopic (exact) mass is 800 g/mol. The molecule has 3 N–H and O–H groups in total. The second-order valence-corrected chi connectivity index (χ2v) is 15.2. The van der Waals surface area contributed by atoms with Crippen LogP contribution in [0.5, 0.6) is 5.75 Å². The highest BCUT2D eigenvalue weighted by atomic mass is 16.5. The number of nitrogens with zero attached hydrogens (tertiary/aromatic N) is 8. The predicted octanol–water partition coefficient (Wildman–Crippen LogP) is 3.13. The summed E-state index contributed by atoms with van der Waals surface area (Å²) in [4.78, 5) is 82.8. The molecule has 8 rings (SSSR count). The fraction of sp³-hybridized carbons (Fsp3) is 0.333. The maximum Gasteiger partial charge on any atom is 0.278 e. The first-order valence-corrected chi connectivity index (χ1v) is 19.5. The number of hydrogen-bond acceptors (Lipinski definition) is 13. The van der Waals surface area contributed by atoms with Gasteiger partial charge in [-0.2, -0.15) is 4.98 Å². The van der Waals surface area contributed by atoms with Crippen molar-refractivity contribution < 1.29 is 29.0 Å². The summed E-state index contributed by atoms with van der Waals surface area (Å²) in [6.07, 6.45) is 4.06. The first kappa shape index (κ1) is 39.1. The van der Waals surface area contributed by atoms with E-state index in [1.54, 1.807) is 61.0 Å². The Labute approximate surface area is 338 Å². The molecule has 2 aromatic carbocycles. The fourth-order valence-electron chi connectivity index (χ4n) is 7.62. The van der Waals surface area contributed by atoms with E-state index in [-0.39, 0.29) is 36.1 Å². The van der Waals surface area contributed by atoms with Crippen LogP contribution in [0.2, 0.25) is 0 Å². The van der Waals surface area contributed by atoms with E-state index in [0.717, 1.165) is 55.4 Å². The number of rotatable bonds is 13. The van der Waals surface area contributed by atoms with Crippen LogP contribution in [-0.2, 0) is 21.7 Å². The van der Waals surface area contributed by atoms with E-state index in [1.807, 2.05) is 24.3 Å². The van der Waals surface area contributed by atoms with Gasteiger partial charge in [0.1, 0.15) is 22.8 Å². The van der Waals surface area contributed by atoms with Crippen molar-refractivity contribution >= 4 is 52.0 Å². The Balaban J connectivity index is 0.838. The molecular weight excluding hydrogens is 757 g/mol. The molecule has 3 aromatic heterocycles. The number of aliphatic hydroxyl groups is 1. The molecule has 17 nitrogen and oxygen atoms in total. The van der Waals surface area contributed by atoms with Gasteiger partial charge in [0.05, 0.1) is 30.0 Å². The zero-order chi connectivity index (χ0) is 41.4. The van der Waals surface area contributed by atoms with Gasteiger partial charge >= 0.3 is 0 Å². The van der Waals surface area contributed by atoms with E-state index in [9.17, 15) is 29.1 Å². The summed E-state index contributed by atoms with van der Waals surface area (Å²) in [5.74, 6) is -0.956. The van der Waals surface area contributed by atoms with Gasteiger partial charge in [0, 0.05) is 56.7 Å². The van der Waals surface area contributed by atoms with Crippen molar-refractivity contribution in [1.29, 1.82) is 0 Å². The van der Waals surface area contributed by atoms with E-state index in [0.29, 0.717) is 40.8 Å². The number of piperazine rings is 1. The highest BCUT2D eigenvalue weighted by molar-refractivity contribution is 6.23. The topological polar surface area (TPSA) is 197 Å². The number of piperidine rings is 1. The highest BCUT2D eigenvalue weighted by Crippen LogP contribution is 2.31. The lowest BCUT2D eigenvalue weighted by atomic mass is 10.0. The van der Waals surface area contributed by atoms with Crippen molar-refractivity contribution in [3.63, 3.8) is 0 Å². The van der Waals surface area contributed by atoms with Crippen molar-refractivity contribution in [2.24, 2.45) is 0 Å². The van der Waals surface area contributed by atoms with Gasteiger partial charge in [0.15, 0.2) is 11.5 Å². The number of pyridine rings is 1. The number of nitrogens with one attached hydrogen (secondary N) is 2. The SMILES string of the molecule is C=CCn1c(=O)c2cnc(Nc3ccc(N4CCN(CCCOc5ccc6c(c5)C(=O)N(C5CCC(=O)NC5=O)C6=O)CC4)cc3)nc2n1-c1cccc(C(C)(C)O)n1. The van der Waals surface area contributed by atoms with Gasteiger partial charge in [-0.1, -0.05) is 12.1 Å². The zero-order valence-electron chi connectivity index (χ0n) is 32.8. The first-order chi connectivity index (χ1) is 28.4. The number of fused-ring (bicyclic) bond motifs is 2. The summed E-state index contributed by atoms with van der Waals surface area (Å²) in [7, 11) is 0. The minimum atomic E-state index is -1.18. The molecule has 17 heteroatoms. The number of imide groups is 2. The molecular formula is C42H44N10O7. The first-order valence-electron chi connectivity index (χ1n) is 19.5. The van der Waals surface area contributed by atoms with Crippen molar-refractivity contribution in [1.82, 2.24) is 39.4 Å². The normalized spacial score (nSPS) is 17.4. The number of amides is 4. The van der Waals surface area contributed by atoms with Crippen LogP contribution in [0, 0.1) is 0 Å². The average Bonchev–Trinajstić information content (AvgIpc) is 3.64. The van der Waals surface area contributed by atoms with Crippen molar-refractivity contribution in [3.05, 3.63) is 107 Å². The molecule has 3 aliphatic rings. The third-order valence-corrected chi connectivity index (χ3v) is 10.7. The molecule has 59 heavy (non-hydrogen) atoms. The molecule has 5 aromatic rings. The molecule has 1 atom stereocenters. The summed E-state index contributed by atoms with van der Waals surface area (Å²) in [5.41, 5.74) is 1.63. The number of aromatic nitrogens is 5. The molecule has 0 bridgehead atoms. The third kappa shape index (κ3) is 7.81. The Morgan fingerprint density at radius 3 is 2.46 bits per heavy atom. The summed E-state index contributed by atoms with van der Waals surface area (Å²) >= 11 is 0. The van der Waals surface area contributed by atoms with Gasteiger partial charge in [-0.15, -0.1) is 6.58 Å². The Morgan fingerprint density at radius 1 is 0.966 bits per heavy atom. The van der Waals surface area contributed by atoms with Crippen LogP contribution in [0.4, 0.5) is 17.3 Å². The van der Waals surface area contributed by atoms with Crippen molar-refractivity contribution in [2.75, 3.05) is 49.5 Å². The number of carbonyl (C=O) groups is 4. The Morgan fingerprint density at radius 2 is 1.73 bits per heavy atom. The average molecular weight is 801 g/mol. The number of anilines is 3. The molecule has 0 radical (unpaired) electrons. The van der Waals surface area contributed by atoms with Crippen LogP contribution in [0.1, 0.15) is 59.5 Å². The van der Waals surface area contributed by atoms with E-state index in [2.05, 4.69) is 37.0 Å². The van der Waals surface area contributed by atoms with E-state index in [4.69, 9.17) is 9.72 Å². The molecule has 6 heterocycles. The van der Waals surface area contributed by atoms with Crippen LogP contribution >= 0.6 is 0 Å². The van der Waals surface area contributed by atoms with E-state index >= 15 is 0 Å². The molecule has 2 saturated heterocycles. The fourth-order valence-corrected chi connectivity index (χ4v) is 7.62. The van der Waals surface area contributed by atoms with Gasteiger partial charge in [-0.05, 0) is 81.3 Å². The van der Waals surface area contributed by atoms with Crippen LogP contribution in [-0.4, -0.2) is 108 Å². The minimum Gasteiger partial charge on any atom is -0.494 e. The van der Waals surface area contributed by atoms with Gasteiger partial charge in [-0.25, -0.2) is 19.3 Å². The van der Waals surface area contributed by atoms with E-state index < -0.39 is 35.3 Å². The largest absolute Gasteiger partial charge is 0.494 e. The van der Waals surface area contributed by atoms with Gasteiger partial charge < -0.3 is 20.1 Å². The zero-order valence-corrected chi connectivity index (χ0v) is 32.8. The van der Waals surface area contributed by atoms with Crippen molar-refractivity contribution in [2.45, 2.75) is 51.3 Å². The second-order valence-electron chi connectivity index (χ2n) is 15.2. The summed E-state index contributed by atoms with van der Waals surface area (Å²) in [6, 6.07) is 17.0. The summed E-state index contributed by atoms with van der Waals surface area (Å²) < 4.78 is 9.07. The molecule has 2 fully saturated rings. The number of carbonyl (C=O) groups excluding carboxylic acids is 4.